The summed E-state index contributed by atoms with van der Waals surface area (Å²) in [6.45, 7) is 3.54. The van der Waals surface area contributed by atoms with Gasteiger partial charge in [0.25, 0.3) is 0 Å². The Morgan fingerprint density at radius 2 is 1.83 bits per heavy atom. The first-order valence-electron chi connectivity index (χ1n) is 7.09. The van der Waals surface area contributed by atoms with Crippen LogP contribution < -0.4 is 0 Å². The molecule has 3 rings (SSSR count). The highest BCUT2D eigenvalue weighted by Gasteiger charge is 2.36. The van der Waals surface area contributed by atoms with Crippen LogP contribution in [0.4, 0.5) is 0 Å². The predicted molar refractivity (Wildman–Crippen MR) is 77.3 cm³/mol. The third-order valence-electron chi connectivity index (χ3n) is 4.76. The number of aromatic nitrogens is 1. The summed E-state index contributed by atoms with van der Waals surface area (Å²) in [4.78, 5) is 7.04. The second kappa shape index (κ2) is 5.30. The molecular weight excluding hydrogens is 288 g/mol. The van der Waals surface area contributed by atoms with Gasteiger partial charge in [0.05, 0.1) is 5.69 Å². The molecule has 0 N–H and O–H groups in total. The average Bonchev–Trinajstić information content (AvgIpc) is 2.84. The number of hydrogen-bond acceptors (Lipinski definition) is 2. The fourth-order valence-corrected chi connectivity index (χ4v) is 3.77. The van der Waals surface area contributed by atoms with E-state index < -0.39 is 0 Å². The molecule has 0 bridgehead atoms. The molecule has 2 nitrogen and oxygen atoms in total. The van der Waals surface area contributed by atoms with Gasteiger partial charge in [-0.2, -0.15) is 0 Å². The molecule has 1 saturated carbocycles. The fourth-order valence-electron chi connectivity index (χ4n) is 3.54. The van der Waals surface area contributed by atoms with Crippen LogP contribution in [0.2, 0.25) is 0 Å². The number of halogens is 1. The van der Waals surface area contributed by atoms with Gasteiger partial charge in [-0.3, -0.25) is 9.88 Å². The molecule has 18 heavy (non-hydrogen) atoms. The van der Waals surface area contributed by atoms with Crippen LogP contribution in [0.1, 0.15) is 44.2 Å². The number of pyridine rings is 1. The van der Waals surface area contributed by atoms with Gasteiger partial charge in [0.2, 0.25) is 0 Å². The average molecular weight is 309 g/mol. The first-order valence-corrected chi connectivity index (χ1v) is 7.88. The highest BCUT2D eigenvalue weighted by Crippen LogP contribution is 2.46. The van der Waals surface area contributed by atoms with Crippen LogP contribution in [-0.2, 0) is 6.54 Å². The van der Waals surface area contributed by atoms with Crippen molar-refractivity contribution in [2.45, 2.75) is 45.1 Å². The quantitative estimate of drug-likeness (QED) is 0.821. The molecule has 0 amide bonds. The predicted octanol–water partition coefficient (Wildman–Crippen LogP) is 4.00. The molecule has 1 aromatic rings. The highest BCUT2D eigenvalue weighted by molar-refractivity contribution is 9.10. The smallest absolute Gasteiger partial charge is 0.0544 e. The standard InChI is InChI=1S/C15H21BrN2/c16-13-3-4-14(17-11-13)12-18-9-7-15(8-10-18)5-1-2-6-15/h3-4,11H,1-2,5-10,12H2. The van der Waals surface area contributed by atoms with E-state index in [1.165, 1.54) is 57.3 Å². The van der Waals surface area contributed by atoms with Gasteiger partial charge in [-0.15, -0.1) is 0 Å². The second-order valence-electron chi connectivity index (χ2n) is 5.95. The summed E-state index contributed by atoms with van der Waals surface area (Å²) in [7, 11) is 0. The summed E-state index contributed by atoms with van der Waals surface area (Å²) < 4.78 is 1.06. The number of piperidine rings is 1. The summed E-state index contributed by atoms with van der Waals surface area (Å²) in [5, 5.41) is 0. The van der Waals surface area contributed by atoms with E-state index in [4.69, 9.17) is 0 Å². The SMILES string of the molecule is Brc1ccc(CN2CCC3(CCCC3)CC2)nc1. The summed E-state index contributed by atoms with van der Waals surface area (Å²) >= 11 is 3.44. The van der Waals surface area contributed by atoms with Gasteiger partial charge < -0.3 is 0 Å². The maximum Gasteiger partial charge on any atom is 0.0544 e. The minimum absolute atomic E-state index is 0.726. The second-order valence-corrected chi connectivity index (χ2v) is 6.87. The van der Waals surface area contributed by atoms with Gasteiger partial charge in [0.15, 0.2) is 0 Å². The molecule has 1 aliphatic carbocycles. The van der Waals surface area contributed by atoms with Gasteiger partial charge in [-0.05, 0) is 72.3 Å². The topological polar surface area (TPSA) is 16.1 Å². The third-order valence-corrected chi connectivity index (χ3v) is 5.22. The molecule has 0 unspecified atom stereocenters. The Balaban J connectivity index is 1.55. The van der Waals surface area contributed by atoms with E-state index in [0.29, 0.717) is 0 Å². The molecule has 0 radical (unpaired) electrons. The zero-order chi connectivity index (χ0) is 12.4. The molecule has 3 heteroatoms. The summed E-state index contributed by atoms with van der Waals surface area (Å²) in [5.41, 5.74) is 1.92. The van der Waals surface area contributed by atoms with E-state index in [2.05, 4.69) is 37.9 Å². The first-order chi connectivity index (χ1) is 8.76. The van der Waals surface area contributed by atoms with Crippen LogP contribution >= 0.6 is 15.9 Å². The molecule has 2 aliphatic rings. The van der Waals surface area contributed by atoms with Gasteiger partial charge in [-0.1, -0.05) is 12.8 Å². The van der Waals surface area contributed by atoms with E-state index in [1.807, 2.05) is 6.20 Å². The van der Waals surface area contributed by atoms with Crippen LogP contribution in [0.25, 0.3) is 0 Å². The minimum Gasteiger partial charge on any atom is -0.297 e. The Hall–Kier alpha value is -0.410. The maximum atomic E-state index is 4.47. The molecule has 0 aromatic carbocycles. The van der Waals surface area contributed by atoms with Gasteiger partial charge in [-0.25, -0.2) is 0 Å². The molecule has 1 saturated heterocycles. The van der Waals surface area contributed by atoms with E-state index in [1.54, 1.807) is 0 Å². The molecule has 1 aromatic heterocycles. The van der Waals surface area contributed by atoms with Crippen molar-refractivity contribution in [3.05, 3.63) is 28.5 Å². The number of hydrogen-bond donors (Lipinski definition) is 0. The molecule has 2 fully saturated rings. The van der Waals surface area contributed by atoms with Crippen molar-refractivity contribution in [1.82, 2.24) is 9.88 Å². The lowest BCUT2D eigenvalue weighted by molar-refractivity contribution is 0.103. The molecule has 0 atom stereocenters. The molecular formula is C15H21BrN2. The van der Waals surface area contributed by atoms with E-state index in [-0.39, 0.29) is 0 Å². The summed E-state index contributed by atoms with van der Waals surface area (Å²) in [5.74, 6) is 0. The van der Waals surface area contributed by atoms with Gasteiger partial charge in [0, 0.05) is 17.2 Å². The first kappa shape index (κ1) is 12.6. The lowest BCUT2D eigenvalue weighted by Gasteiger charge is -2.39. The Kier molecular flexibility index (Phi) is 3.71. The normalized spacial score (nSPS) is 23.6. The Morgan fingerprint density at radius 1 is 1.11 bits per heavy atom. The van der Waals surface area contributed by atoms with Crippen LogP contribution in [0.15, 0.2) is 22.8 Å². The number of rotatable bonds is 2. The monoisotopic (exact) mass is 308 g/mol. The van der Waals surface area contributed by atoms with Crippen molar-refractivity contribution in [3.63, 3.8) is 0 Å². The fraction of sp³-hybridized carbons (Fsp3) is 0.667. The van der Waals surface area contributed by atoms with E-state index in [0.717, 1.165) is 16.4 Å². The molecule has 1 spiro atoms. The van der Waals surface area contributed by atoms with E-state index >= 15 is 0 Å². The van der Waals surface area contributed by atoms with Crippen LogP contribution in [0, 0.1) is 5.41 Å². The van der Waals surface area contributed by atoms with Crippen molar-refractivity contribution in [3.8, 4) is 0 Å². The number of likely N-dealkylation sites (tertiary alicyclic amines) is 1. The van der Waals surface area contributed by atoms with E-state index in [9.17, 15) is 0 Å². The van der Waals surface area contributed by atoms with Crippen molar-refractivity contribution in [2.75, 3.05) is 13.1 Å². The summed E-state index contributed by atoms with van der Waals surface area (Å²) in [6.07, 6.45) is 10.6. The molecule has 2 heterocycles. The molecule has 98 valence electrons. The van der Waals surface area contributed by atoms with Crippen LogP contribution in [-0.4, -0.2) is 23.0 Å². The largest absolute Gasteiger partial charge is 0.297 e. The van der Waals surface area contributed by atoms with Crippen LogP contribution in [0.5, 0.6) is 0 Å². The zero-order valence-electron chi connectivity index (χ0n) is 10.9. The summed E-state index contributed by atoms with van der Waals surface area (Å²) in [6, 6.07) is 4.22. The Bertz CT molecular complexity index is 385. The zero-order valence-corrected chi connectivity index (χ0v) is 12.5. The Morgan fingerprint density at radius 3 is 2.44 bits per heavy atom. The molecule has 1 aliphatic heterocycles. The lowest BCUT2D eigenvalue weighted by Crippen LogP contribution is -2.38. The maximum absolute atomic E-state index is 4.47. The lowest BCUT2D eigenvalue weighted by atomic mass is 9.77. The van der Waals surface area contributed by atoms with Crippen molar-refractivity contribution >= 4 is 15.9 Å². The number of nitrogens with zero attached hydrogens (tertiary/aromatic N) is 2. The van der Waals surface area contributed by atoms with Gasteiger partial charge >= 0.3 is 0 Å². The van der Waals surface area contributed by atoms with Crippen molar-refractivity contribution in [1.29, 1.82) is 0 Å². The highest BCUT2D eigenvalue weighted by atomic mass is 79.9. The Labute approximate surface area is 118 Å². The third kappa shape index (κ3) is 2.77. The van der Waals surface area contributed by atoms with Crippen LogP contribution in [0.3, 0.4) is 0 Å². The van der Waals surface area contributed by atoms with Crippen molar-refractivity contribution in [2.24, 2.45) is 5.41 Å². The van der Waals surface area contributed by atoms with Gasteiger partial charge in [0.1, 0.15) is 0 Å². The minimum atomic E-state index is 0.726. The van der Waals surface area contributed by atoms with Crippen molar-refractivity contribution < 1.29 is 0 Å².